The predicted octanol–water partition coefficient (Wildman–Crippen LogP) is 0.0892. The summed E-state index contributed by atoms with van der Waals surface area (Å²) in [7, 11) is 0. The van der Waals surface area contributed by atoms with Crippen LogP contribution in [0.2, 0.25) is 0 Å². The Morgan fingerprint density at radius 3 is 2.58 bits per heavy atom. The second-order valence-electron chi connectivity index (χ2n) is 3.47. The van der Waals surface area contributed by atoms with E-state index in [1.54, 1.807) is 0 Å². The maximum atomic E-state index is 11.0. The van der Waals surface area contributed by atoms with Crippen molar-refractivity contribution in [3.05, 3.63) is 0 Å². The summed E-state index contributed by atoms with van der Waals surface area (Å²) in [4.78, 5) is 21.7. The molecular formula is C8H13NO3. The number of rotatable bonds is 2. The molecule has 12 heavy (non-hydrogen) atoms. The number of carboxylic acids is 1. The molecule has 0 aromatic rings. The topological polar surface area (TPSA) is 66.4 Å². The molecule has 1 aliphatic rings. The van der Waals surface area contributed by atoms with E-state index in [4.69, 9.17) is 5.11 Å². The molecule has 0 aromatic carbocycles. The average Bonchev–Trinajstić information content (AvgIpc) is 2.30. The van der Waals surface area contributed by atoms with Gasteiger partial charge in [-0.1, -0.05) is 13.8 Å². The lowest BCUT2D eigenvalue weighted by Gasteiger charge is -2.16. The Labute approximate surface area is 71.0 Å². The smallest absolute Gasteiger partial charge is 0.316 e. The Morgan fingerprint density at radius 1 is 1.67 bits per heavy atom. The number of hydrogen-bond acceptors (Lipinski definition) is 2. The van der Waals surface area contributed by atoms with E-state index in [0.29, 0.717) is 6.54 Å². The van der Waals surface area contributed by atoms with Gasteiger partial charge in [0.2, 0.25) is 5.91 Å². The molecule has 2 atom stereocenters. The number of nitrogens with one attached hydrogen (secondary N) is 1. The molecule has 0 spiro atoms. The van der Waals surface area contributed by atoms with E-state index in [9.17, 15) is 9.59 Å². The monoisotopic (exact) mass is 171 g/mol. The largest absolute Gasteiger partial charge is 0.481 e. The van der Waals surface area contributed by atoms with E-state index in [1.807, 2.05) is 13.8 Å². The number of carbonyl (C=O) groups excluding carboxylic acids is 1. The highest BCUT2D eigenvalue weighted by atomic mass is 16.4. The minimum absolute atomic E-state index is 0.0602. The molecule has 0 saturated carbocycles. The van der Waals surface area contributed by atoms with E-state index in [0.717, 1.165) is 0 Å². The molecule has 4 nitrogen and oxygen atoms in total. The van der Waals surface area contributed by atoms with Crippen LogP contribution < -0.4 is 5.32 Å². The minimum Gasteiger partial charge on any atom is -0.481 e. The first-order chi connectivity index (χ1) is 5.54. The van der Waals surface area contributed by atoms with Crippen LogP contribution in [0.15, 0.2) is 0 Å². The van der Waals surface area contributed by atoms with E-state index < -0.39 is 11.9 Å². The van der Waals surface area contributed by atoms with Crippen molar-refractivity contribution in [3.8, 4) is 0 Å². The lowest BCUT2D eigenvalue weighted by molar-refractivity contribution is -0.147. The van der Waals surface area contributed by atoms with Crippen LogP contribution in [0.3, 0.4) is 0 Å². The van der Waals surface area contributed by atoms with Crippen LogP contribution >= 0.6 is 0 Å². The SMILES string of the molecule is CC(C)[C@H]1CNC(=O)[C@@H]1C(=O)O. The Morgan fingerprint density at radius 2 is 2.25 bits per heavy atom. The summed E-state index contributed by atoms with van der Waals surface area (Å²) in [6.45, 7) is 4.36. The summed E-state index contributed by atoms with van der Waals surface area (Å²) >= 11 is 0. The molecule has 0 unspecified atom stereocenters. The number of carbonyl (C=O) groups is 2. The fourth-order valence-electron chi connectivity index (χ4n) is 1.56. The molecule has 0 bridgehead atoms. The molecule has 1 heterocycles. The lowest BCUT2D eigenvalue weighted by Crippen LogP contribution is -2.29. The van der Waals surface area contributed by atoms with Crippen LogP contribution in [0.4, 0.5) is 0 Å². The van der Waals surface area contributed by atoms with Crippen LogP contribution in [-0.4, -0.2) is 23.5 Å². The third kappa shape index (κ3) is 1.42. The van der Waals surface area contributed by atoms with Crippen LogP contribution in [0.5, 0.6) is 0 Å². The summed E-state index contributed by atoms with van der Waals surface area (Å²) in [5.74, 6) is -2.03. The zero-order valence-electron chi connectivity index (χ0n) is 7.20. The first-order valence-corrected chi connectivity index (χ1v) is 4.04. The zero-order valence-corrected chi connectivity index (χ0v) is 7.20. The van der Waals surface area contributed by atoms with Crippen molar-refractivity contribution in [3.63, 3.8) is 0 Å². The van der Waals surface area contributed by atoms with Gasteiger partial charge >= 0.3 is 5.97 Å². The first-order valence-electron chi connectivity index (χ1n) is 4.04. The third-order valence-electron chi connectivity index (χ3n) is 2.34. The normalized spacial score (nSPS) is 29.1. The third-order valence-corrected chi connectivity index (χ3v) is 2.34. The van der Waals surface area contributed by atoms with Crippen molar-refractivity contribution in [2.45, 2.75) is 13.8 Å². The van der Waals surface area contributed by atoms with Gasteiger partial charge in [-0.2, -0.15) is 0 Å². The van der Waals surface area contributed by atoms with Gasteiger partial charge in [0.05, 0.1) is 0 Å². The fraction of sp³-hybridized carbons (Fsp3) is 0.750. The Bertz CT molecular complexity index is 212. The molecule has 1 fully saturated rings. The van der Waals surface area contributed by atoms with Gasteiger partial charge in [0, 0.05) is 12.5 Å². The van der Waals surface area contributed by atoms with Crippen molar-refractivity contribution < 1.29 is 14.7 Å². The molecule has 1 amide bonds. The Balaban J connectivity index is 2.77. The molecule has 2 N–H and O–H groups in total. The van der Waals surface area contributed by atoms with Gasteiger partial charge in [-0.05, 0) is 5.92 Å². The van der Waals surface area contributed by atoms with Gasteiger partial charge in [-0.15, -0.1) is 0 Å². The molecule has 0 aromatic heterocycles. The van der Waals surface area contributed by atoms with Crippen molar-refractivity contribution in [1.82, 2.24) is 5.32 Å². The molecule has 0 radical (unpaired) electrons. The van der Waals surface area contributed by atoms with E-state index in [1.165, 1.54) is 0 Å². The number of hydrogen-bond donors (Lipinski definition) is 2. The van der Waals surface area contributed by atoms with Gasteiger partial charge in [-0.25, -0.2) is 0 Å². The van der Waals surface area contributed by atoms with Crippen LogP contribution in [-0.2, 0) is 9.59 Å². The molecular weight excluding hydrogens is 158 g/mol. The standard InChI is InChI=1S/C8H13NO3/c1-4(2)5-3-9-7(10)6(5)8(11)12/h4-6H,3H2,1-2H3,(H,9,10)(H,11,12)/t5-,6-/m1/s1. The zero-order chi connectivity index (χ0) is 9.30. The summed E-state index contributed by atoms with van der Waals surface area (Å²) in [5.41, 5.74) is 0. The number of carboxylic acid groups (broad SMARTS) is 1. The summed E-state index contributed by atoms with van der Waals surface area (Å²) in [5, 5.41) is 11.3. The highest BCUT2D eigenvalue weighted by Crippen LogP contribution is 2.25. The van der Waals surface area contributed by atoms with Crippen molar-refractivity contribution in [2.24, 2.45) is 17.8 Å². The second-order valence-corrected chi connectivity index (χ2v) is 3.47. The van der Waals surface area contributed by atoms with Crippen LogP contribution in [0, 0.1) is 17.8 Å². The molecule has 1 saturated heterocycles. The van der Waals surface area contributed by atoms with E-state index in [2.05, 4.69) is 5.32 Å². The summed E-state index contributed by atoms with van der Waals surface area (Å²) < 4.78 is 0. The van der Waals surface area contributed by atoms with Crippen LogP contribution in [0.25, 0.3) is 0 Å². The van der Waals surface area contributed by atoms with E-state index >= 15 is 0 Å². The van der Waals surface area contributed by atoms with Crippen LogP contribution in [0.1, 0.15) is 13.8 Å². The van der Waals surface area contributed by atoms with Gasteiger partial charge in [0.1, 0.15) is 5.92 Å². The highest BCUT2D eigenvalue weighted by Gasteiger charge is 2.41. The van der Waals surface area contributed by atoms with Gasteiger partial charge in [0.15, 0.2) is 0 Å². The second kappa shape index (κ2) is 3.13. The number of aliphatic carboxylic acids is 1. The fourth-order valence-corrected chi connectivity index (χ4v) is 1.56. The summed E-state index contributed by atoms with van der Waals surface area (Å²) in [6, 6.07) is 0. The quantitative estimate of drug-likeness (QED) is 0.578. The van der Waals surface area contributed by atoms with Gasteiger partial charge in [0.25, 0.3) is 0 Å². The Hall–Kier alpha value is -1.06. The molecule has 1 rings (SSSR count). The predicted molar refractivity (Wildman–Crippen MR) is 42.5 cm³/mol. The average molecular weight is 171 g/mol. The maximum Gasteiger partial charge on any atom is 0.316 e. The molecule has 1 aliphatic heterocycles. The van der Waals surface area contributed by atoms with E-state index in [-0.39, 0.29) is 17.7 Å². The molecule has 4 heteroatoms. The Kier molecular flexibility index (Phi) is 2.35. The molecule has 0 aliphatic carbocycles. The maximum absolute atomic E-state index is 11.0. The van der Waals surface area contributed by atoms with Gasteiger partial charge < -0.3 is 10.4 Å². The minimum atomic E-state index is -1.01. The number of amides is 1. The van der Waals surface area contributed by atoms with Crippen molar-refractivity contribution >= 4 is 11.9 Å². The lowest BCUT2D eigenvalue weighted by atomic mass is 9.86. The van der Waals surface area contributed by atoms with Gasteiger partial charge in [-0.3, -0.25) is 9.59 Å². The molecule has 68 valence electrons. The first kappa shape index (κ1) is 9.03. The van der Waals surface area contributed by atoms with Crippen molar-refractivity contribution in [2.75, 3.05) is 6.54 Å². The van der Waals surface area contributed by atoms with Crippen molar-refractivity contribution in [1.29, 1.82) is 0 Å². The highest BCUT2D eigenvalue weighted by molar-refractivity contribution is 5.98. The summed E-state index contributed by atoms with van der Waals surface area (Å²) in [6.07, 6.45) is 0.